The van der Waals surface area contributed by atoms with Gasteiger partial charge in [-0.25, -0.2) is 9.78 Å². The van der Waals surface area contributed by atoms with Gasteiger partial charge in [0, 0.05) is 12.1 Å². The third-order valence-electron chi connectivity index (χ3n) is 4.06. The van der Waals surface area contributed by atoms with Crippen molar-refractivity contribution in [2.75, 3.05) is 19.2 Å². The standard InChI is InChI=1S/C17H13N3O7/c1-7-12(13-14(21)18-5-19-16(13)27-7)15(22)20-9-4-11-10(25-6-26-11)3-8(9)17(23)24-2/h3-5H,6H2,1-2H3,(H,20,22)(H,18,19,21). The van der Waals surface area contributed by atoms with E-state index in [2.05, 4.69) is 15.3 Å². The summed E-state index contributed by atoms with van der Waals surface area (Å²) in [6, 6.07) is 2.87. The van der Waals surface area contributed by atoms with Gasteiger partial charge in [0.25, 0.3) is 11.5 Å². The van der Waals surface area contributed by atoms with E-state index in [1.165, 1.54) is 32.5 Å². The zero-order valence-corrected chi connectivity index (χ0v) is 14.2. The molecule has 2 N–H and O–H groups in total. The number of nitrogens with zero attached hydrogens (tertiary/aromatic N) is 1. The van der Waals surface area contributed by atoms with Crippen molar-refractivity contribution in [2.24, 2.45) is 0 Å². The Balaban J connectivity index is 1.79. The highest BCUT2D eigenvalue weighted by molar-refractivity contribution is 6.14. The fourth-order valence-electron chi connectivity index (χ4n) is 2.84. The molecule has 4 rings (SSSR count). The Bertz CT molecular complexity index is 1150. The van der Waals surface area contributed by atoms with Crippen LogP contribution in [-0.2, 0) is 4.74 Å². The van der Waals surface area contributed by atoms with Crippen LogP contribution >= 0.6 is 0 Å². The highest BCUT2D eigenvalue weighted by Crippen LogP contribution is 2.37. The Kier molecular flexibility index (Phi) is 3.80. The summed E-state index contributed by atoms with van der Waals surface area (Å²) in [5.74, 6) is -0.372. The number of aromatic nitrogens is 2. The number of hydrogen-bond acceptors (Lipinski definition) is 8. The van der Waals surface area contributed by atoms with Gasteiger partial charge in [-0.3, -0.25) is 9.59 Å². The lowest BCUT2D eigenvalue weighted by Crippen LogP contribution is -2.18. The normalized spacial score (nSPS) is 12.2. The Labute approximate surface area is 151 Å². The molecule has 27 heavy (non-hydrogen) atoms. The Morgan fingerprint density at radius 1 is 1.26 bits per heavy atom. The van der Waals surface area contributed by atoms with Crippen molar-refractivity contribution in [3.8, 4) is 11.5 Å². The quantitative estimate of drug-likeness (QED) is 0.663. The lowest BCUT2D eigenvalue weighted by atomic mass is 10.1. The molecule has 138 valence electrons. The first-order valence-corrected chi connectivity index (χ1v) is 7.79. The van der Waals surface area contributed by atoms with Crippen LogP contribution in [0.25, 0.3) is 11.1 Å². The fraction of sp³-hybridized carbons (Fsp3) is 0.176. The summed E-state index contributed by atoms with van der Waals surface area (Å²) in [4.78, 5) is 43.3. The van der Waals surface area contributed by atoms with Gasteiger partial charge in [0.1, 0.15) is 11.1 Å². The Hall–Kier alpha value is -3.82. The molecule has 1 aromatic carbocycles. The van der Waals surface area contributed by atoms with E-state index in [4.69, 9.17) is 18.6 Å². The molecule has 0 fully saturated rings. The predicted molar refractivity (Wildman–Crippen MR) is 91.2 cm³/mol. The SMILES string of the molecule is COC(=O)c1cc2c(cc1NC(=O)c1c(C)oc3nc[nH]c(=O)c13)OCO2. The second-order valence-corrected chi connectivity index (χ2v) is 5.64. The van der Waals surface area contributed by atoms with Crippen LogP contribution in [0.1, 0.15) is 26.5 Å². The van der Waals surface area contributed by atoms with E-state index in [1.807, 2.05) is 0 Å². The minimum Gasteiger partial charge on any atom is -0.465 e. The van der Waals surface area contributed by atoms with Crippen LogP contribution in [0.3, 0.4) is 0 Å². The van der Waals surface area contributed by atoms with E-state index < -0.39 is 17.4 Å². The third-order valence-corrected chi connectivity index (χ3v) is 4.06. The number of methoxy groups -OCH3 is 1. The summed E-state index contributed by atoms with van der Waals surface area (Å²) in [5, 5.41) is 2.62. The average molecular weight is 371 g/mol. The molecule has 2 aromatic heterocycles. The van der Waals surface area contributed by atoms with Crippen molar-refractivity contribution in [1.82, 2.24) is 9.97 Å². The number of benzene rings is 1. The molecular formula is C17H13N3O7. The Morgan fingerprint density at radius 3 is 2.74 bits per heavy atom. The maximum atomic E-state index is 12.8. The number of ether oxygens (including phenoxy) is 3. The minimum atomic E-state index is -0.670. The highest BCUT2D eigenvalue weighted by Gasteiger charge is 2.26. The number of fused-ring (bicyclic) bond motifs is 2. The second-order valence-electron chi connectivity index (χ2n) is 5.64. The van der Waals surface area contributed by atoms with Crippen LogP contribution in [0.5, 0.6) is 11.5 Å². The van der Waals surface area contributed by atoms with Gasteiger partial charge < -0.3 is 28.9 Å². The molecule has 0 saturated carbocycles. The van der Waals surface area contributed by atoms with Gasteiger partial charge in [-0.1, -0.05) is 0 Å². The number of amides is 1. The van der Waals surface area contributed by atoms with Crippen LogP contribution in [0, 0.1) is 6.92 Å². The summed E-state index contributed by atoms with van der Waals surface area (Å²) in [7, 11) is 1.22. The number of carbonyl (C=O) groups is 2. The largest absolute Gasteiger partial charge is 0.465 e. The van der Waals surface area contributed by atoms with Crippen molar-refractivity contribution < 1.29 is 28.2 Å². The first-order valence-electron chi connectivity index (χ1n) is 7.79. The minimum absolute atomic E-state index is 0.000131. The smallest absolute Gasteiger partial charge is 0.340 e. The first-order chi connectivity index (χ1) is 13.0. The lowest BCUT2D eigenvalue weighted by molar-refractivity contribution is 0.0601. The van der Waals surface area contributed by atoms with Crippen molar-refractivity contribution in [2.45, 2.75) is 6.92 Å². The molecule has 0 radical (unpaired) electrons. The van der Waals surface area contributed by atoms with Crippen molar-refractivity contribution in [1.29, 1.82) is 0 Å². The summed E-state index contributed by atoms with van der Waals surface area (Å²) < 4.78 is 20.7. The number of hydrogen-bond donors (Lipinski definition) is 2. The predicted octanol–water partition coefficient (Wildman–Crippen LogP) is 1.59. The maximum Gasteiger partial charge on any atom is 0.340 e. The number of rotatable bonds is 3. The van der Waals surface area contributed by atoms with E-state index in [0.29, 0.717) is 11.5 Å². The third kappa shape index (κ3) is 2.67. The van der Waals surface area contributed by atoms with Crippen LogP contribution in [0.4, 0.5) is 5.69 Å². The molecular weight excluding hydrogens is 358 g/mol. The molecule has 0 bridgehead atoms. The van der Waals surface area contributed by atoms with Crippen molar-refractivity contribution in [3.63, 3.8) is 0 Å². The molecule has 10 heteroatoms. The number of H-pyrrole nitrogens is 1. The maximum absolute atomic E-state index is 12.8. The molecule has 3 heterocycles. The topological polar surface area (TPSA) is 133 Å². The van der Waals surface area contributed by atoms with Crippen LogP contribution < -0.4 is 20.3 Å². The summed E-state index contributed by atoms with van der Waals surface area (Å²) in [6.07, 6.45) is 1.18. The monoisotopic (exact) mass is 371 g/mol. The number of anilines is 1. The summed E-state index contributed by atoms with van der Waals surface area (Å²) in [6.45, 7) is 1.54. The molecule has 1 aliphatic rings. The average Bonchev–Trinajstić information content (AvgIpc) is 3.23. The van der Waals surface area contributed by atoms with E-state index in [0.717, 1.165) is 0 Å². The zero-order chi connectivity index (χ0) is 19.1. The molecule has 1 amide bonds. The molecule has 0 spiro atoms. The van der Waals surface area contributed by atoms with Gasteiger partial charge in [0.2, 0.25) is 12.5 Å². The van der Waals surface area contributed by atoms with Gasteiger partial charge in [-0.05, 0) is 6.92 Å². The summed E-state index contributed by atoms with van der Waals surface area (Å²) in [5.41, 5.74) is -0.230. The van der Waals surface area contributed by atoms with Crippen molar-refractivity contribution >= 4 is 28.7 Å². The molecule has 10 nitrogen and oxygen atoms in total. The van der Waals surface area contributed by atoms with Gasteiger partial charge in [0.15, 0.2) is 11.5 Å². The van der Waals surface area contributed by atoms with Crippen LogP contribution in [0.15, 0.2) is 27.7 Å². The first kappa shape index (κ1) is 16.6. The van der Waals surface area contributed by atoms with Gasteiger partial charge in [-0.2, -0.15) is 0 Å². The highest BCUT2D eigenvalue weighted by atomic mass is 16.7. The molecule has 0 saturated heterocycles. The molecule has 1 aliphatic heterocycles. The molecule has 0 aliphatic carbocycles. The van der Waals surface area contributed by atoms with E-state index in [-0.39, 0.29) is 40.5 Å². The van der Waals surface area contributed by atoms with E-state index in [1.54, 1.807) is 0 Å². The number of carbonyl (C=O) groups excluding carboxylic acids is 2. The number of aromatic amines is 1. The van der Waals surface area contributed by atoms with Crippen molar-refractivity contribution in [3.05, 3.63) is 45.7 Å². The Morgan fingerprint density at radius 2 is 2.00 bits per heavy atom. The summed E-state index contributed by atoms with van der Waals surface area (Å²) >= 11 is 0. The van der Waals surface area contributed by atoms with E-state index in [9.17, 15) is 14.4 Å². The second kappa shape index (κ2) is 6.16. The fourth-order valence-corrected chi connectivity index (χ4v) is 2.84. The van der Waals surface area contributed by atoms with Crippen LogP contribution in [0.2, 0.25) is 0 Å². The molecule has 0 atom stereocenters. The number of furan rings is 1. The zero-order valence-electron chi connectivity index (χ0n) is 14.2. The molecule has 0 unspecified atom stereocenters. The number of esters is 1. The molecule has 3 aromatic rings. The van der Waals surface area contributed by atoms with Gasteiger partial charge in [-0.15, -0.1) is 0 Å². The number of nitrogens with one attached hydrogen (secondary N) is 2. The van der Waals surface area contributed by atoms with Gasteiger partial charge >= 0.3 is 5.97 Å². The number of aryl methyl sites for hydroxylation is 1. The van der Waals surface area contributed by atoms with E-state index >= 15 is 0 Å². The lowest BCUT2D eigenvalue weighted by Gasteiger charge is -2.11. The van der Waals surface area contributed by atoms with Gasteiger partial charge in [0.05, 0.1) is 30.3 Å². The van der Waals surface area contributed by atoms with Crippen LogP contribution in [-0.4, -0.2) is 35.7 Å².